The molecular formula is C24H30ClN7S. The lowest BCUT2D eigenvalue weighted by molar-refractivity contribution is 0.531. The third-order valence-electron chi connectivity index (χ3n) is 5.85. The molecule has 33 heavy (non-hydrogen) atoms. The first kappa shape index (κ1) is 23.6. The minimum absolute atomic E-state index is 0. The predicted molar refractivity (Wildman–Crippen MR) is 137 cm³/mol. The quantitative estimate of drug-likeness (QED) is 0.389. The zero-order chi connectivity index (χ0) is 21.9. The third-order valence-corrected chi connectivity index (χ3v) is 7.09. The van der Waals surface area contributed by atoms with Gasteiger partial charge in [0.05, 0.1) is 23.3 Å². The Hall–Kier alpha value is -2.55. The van der Waals surface area contributed by atoms with Gasteiger partial charge in [0, 0.05) is 24.2 Å². The number of halogens is 1. The van der Waals surface area contributed by atoms with Crippen molar-refractivity contribution >= 4 is 35.5 Å². The number of hydrogen-bond donors (Lipinski definition) is 2. The zero-order valence-corrected chi connectivity index (χ0v) is 20.6. The number of nitrogens with zero attached hydrogens (tertiary/aromatic N) is 5. The number of hydrogen-bond acceptors (Lipinski definition) is 6. The van der Waals surface area contributed by atoms with Gasteiger partial charge in [0.15, 0.2) is 5.65 Å². The lowest BCUT2D eigenvalue weighted by Gasteiger charge is -2.22. The van der Waals surface area contributed by atoms with Crippen LogP contribution in [-0.4, -0.2) is 42.7 Å². The van der Waals surface area contributed by atoms with E-state index in [1.54, 1.807) is 6.20 Å². The fraction of sp³-hybridized carbons (Fsp3) is 0.375. The summed E-state index contributed by atoms with van der Waals surface area (Å²) in [6.45, 7) is 7.21. The molecular weight excluding hydrogens is 454 g/mol. The number of thioether (sulfide) groups is 1. The number of piperidine rings is 1. The van der Waals surface area contributed by atoms with Crippen molar-refractivity contribution < 1.29 is 0 Å². The number of nitrogens with one attached hydrogen (secondary N) is 2. The van der Waals surface area contributed by atoms with Crippen LogP contribution in [-0.2, 0) is 6.54 Å². The minimum Gasteiger partial charge on any atom is -0.378 e. The van der Waals surface area contributed by atoms with Gasteiger partial charge < -0.3 is 10.6 Å². The van der Waals surface area contributed by atoms with Crippen LogP contribution in [0, 0.1) is 0 Å². The molecule has 4 heterocycles. The van der Waals surface area contributed by atoms with Gasteiger partial charge in [-0.2, -0.15) is 10.2 Å². The molecule has 7 nitrogen and oxygen atoms in total. The number of aromatic nitrogens is 5. The Kier molecular flexibility index (Phi) is 7.57. The Labute approximate surface area is 204 Å². The van der Waals surface area contributed by atoms with E-state index in [1.807, 2.05) is 45.5 Å². The smallest absolute Gasteiger partial charge is 0.177 e. The summed E-state index contributed by atoms with van der Waals surface area (Å²) in [4.78, 5) is 4.71. The molecule has 1 aromatic carbocycles. The predicted octanol–water partition coefficient (Wildman–Crippen LogP) is 4.92. The zero-order valence-electron chi connectivity index (χ0n) is 18.9. The molecule has 1 saturated heterocycles. The van der Waals surface area contributed by atoms with Crippen molar-refractivity contribution in [1.82, 2.24) is 29.7 Å². The molecule has 0 spiro atoms. The second-order valence-corrected chi connectivity index (χ2v) is 9.79. The van der Waals surface area contributed by atoms with Crippen molar-refractivity contribution in [2.75, 3.05) is 18.4 Å². The van der Waals surface area contributed by atoms with Crippen molar-refractivity contribution in [3.8, 4) is 5.69 Å². The highest BCUT2D eigenvalue weighted by molar-refractivity contribution is 7.99. The van der Waals surface area contributed by atoms with Crippen LogP contribution in [0.2, 0.25) is 0 Å². The molecule has 5 rings (SSSR count). The Morgan fingerprint density at radius 1 is 1.18 bits per heavy atom. The average Bonchev–Trinajstić information content (AvgIpc) is 3.49. The van der Waals surface area contributed by atoms with Gasteiger partial charge in [0.25, 0.3) is 0 Å². The molecule has 0 unspecified atom stereocenters. The van der Waals surface area contributed by atoms with Gasteiger partial charge in [-0.3, -0.25) is 0 Å². The second-order valence-electron chi connectivity index (χ2n) is 8.47. The summed E-state index contributed by atoms with van der Waals surface area (Å²) in [5.74, 6) is 0.352. The largest absolute Gasteiger partial charge is 0.378 e. The van der Waals surface area contributed by atoms with Crippen molar-refractivity contribution in [2.45, 2.75) is 49.4 Å². The molecule has 3 aromatic heterocycles. The van der Waals surface area contributed by atoms with Gasteiger partial charge in [-0.05, 0) is 55.6 Å². The molecule has 2 N–H and O–H groups in total. The van der Waals surface area contributed by atoms with Crippen LogP contribution in [0.4, 0.5) is 5.69 Å². The normalized spacial score (nSPS) is 14.5. The summed E-state index contributed by atoms with van der Waals surface area (Å²) >= 11 is 1.89. The Bertz CT molecular complexity index is 1180. The maximum Gasteiger partial charge on any atom is 0.177 e. The average molecular weight is 484 g/mol. The molecule has 0 saturated carbocycles. The van der Waals surface area contributed by atoms with Gasteiger partial charge >= 0.3 is 0 Å². The topological polar surface area (TPSA) is 72.1 Å². The summed E-state index contributed by atoms with van der Waals surface area (Å²) in [6, 6.07) is 12.4. The summed E-state index contributed by atoms with van der Waals surface area (Å²) in [7, 11) is 0. The first-order valence-electron chi connectivity index (χ1n) is 11.3. The van der Waals surface area contributed by atoms with E-state index in [0.29, 0.717) is 17.7 Å². The molecule has 0 bridgehead atoms. The van der Waals surface area contributed by atoms with Crippen LogP contribution in [0.25, 0.3) is 11.3 Å². The number of imidazole rings is 1. The van der Waals surface area contributed by atoms with E-state index in [2.05, 4.69) is 53.8 Å². The highest BCUT2D eigenvalue weighted by Crippen LogP contribution is 2.31. The van der Waals surface area contributed by atoms with Gasteiger partial charge in [-0.1, -0.05) is 32.0 Å². The molecule has 1 aliphatic heterocycles. The second kappa shape index (κ2) is 10.6. The fourth-order valence-electron chi connectivity index (χ4n) is 4.11. The van der Waals surface area contributed by atoms with Crippen LogP contribution in [0.1, 0.15) is 43.9 Å². The summed E-state index contributed by atoms with van der Waals surface area (Å²) in [5, 5.41) is 18.1. The van der Waals surface area contributed by atoms with Crippen molar-refractivity contribution in [1.29, 1.82) is 0 Å². The highest BCUT2D eigenvalue weighted by atomic mass is 35.5. The SMILES string of the molecule is CC(C)c1cnc2c(NCc3ccccc3-n3cccn3)cc(SC3CCNCC3)nn12.Cl. The van der Waals surface area contributed by atoms with E-state index in [4.69, 9.17) is 10.1 Å². The fourth-order valence-corrected chi connectivity index (χ4v) is 5.24. The number of rotatable bonds is 7. The minimum atomic E-state index is 0. The maximum absolute atomic E-state index is 4.97. The molecule has 0 amide bonds. The molecule has 9 heteroatoms. The molecule has 1 aliphatic rings. The summed E-state index contributed by atoms with van der Waals surface area (Å²) in [5.41, 5.74) is 5.27. The Balaban J connectivity index is 0.00000259. The molecule has 0 atom stereocenters. The van der Waals surface area contributed by atoms with E-state index >= 15 is 0 Å². The summed E-state index contributed by atoms with van der Waals surface area (Å²) in [6.07, 6.45) is 8.07. The van der Waals surface area contributed by atoms with Gasteiger partial charge in [0.2, 0.25) is 0 Å². The van der Waals surface area contributed by atoms with E-state index in [9.17, 15) is 0 Å². The number of para-hydroxylation sites is 1. The van der Waals surface area contributed by atoms with Crippen molar-refractivity contribution in [3.63, 3.8) is 0 Å². The third kappa shape index (κ3) is 5.18. The maximum atomic E-state index is 4.97. The lowest BCUT2D eigenvalue weighted by Crippen LogP contribution is -2.29. The van der Waals surface area contributed by atoms with Crippen LogP contribution < -0.4 is 10.6 Å². The number of fused-ring (bicyclic) bond motifs is 1. The number of benzene rings is 1. The Morgan fingerprint density at radius 3 is 2.76 bits per heavy atom. The highest BCUT2D eigenvalue weighted by Gasteiger charge is 2.19. The van der Waals surface area contributed by atoms with Crippen molar-refractivity contribution in [2.24, 2.45) is 0 Å². The van der Waals surface area contributed by atoms with E-state index in [-0.39, 0.29) is 12.4 Å². The van der Waals surface area contributed by atoms with Crippen LogP contribution in [0.5, 0.6) is 0 Å². The van der Waals surface area contributed by atoms with Crippen LogP contribution in [0.3, 0.4) is 0 Å². The van der Waals surface area contributed by atoms with Gasteiger partial charge in [-0.25, -0.2) is 14.2 Å². The molecule has 0 aliphatic carbocycles. The Morgan fingerprint density at radius 2 is 2.00 bits per heavy atom. The monoisotopic (exact) mass is 483 g/mol. The van der Waals surface area contributed by atoms with Gasteiger partial charge in [0.1, 0.15) is 5.03 Å². The van der Waals surface area contributed by atoms with Crippen molar-refractivity contribution in [3.05, 3.63) is 66.2 Å². The standard InChI is InChI=1S/C24H29N7S.ClH/c1-17(2)22-16-27-24-20(14-23(29-31(22)24)32-19-8-11-25-12-9-19)26-15-18-6-3-4-7-21(18)30-13-5-10-28-30;/h3-7,10,13-14,16-17,19,25-26H,8-9,11-12,15H2,1-2H3;1H. The molecule has 174 valence electrons. The van der Waals surface area contributed by atoms with E-state index in [1.165, 1.54) is 18.4 Å². The van der Waals surface area contributed by atoms with E-state index in [0.717, 1.165) is 40.8 Å². The van der Waals surface area contributed by atoms with Gasteiger partial charge in [-0.15, -0.1) is 24.2 Å². The molecule has 4 aromatic rings. The summed E-state index contributed by atoms with van der Waals surface area (Å²) < 4.78 is 3.93. The van der Waals surface area contributed by atoms with E-state index < -0.39 is 0 Å². The molecule has 1 fully saturated rings. The van der Waals surface area contributed by atoms with Crippen LogP contribution in [0.15, 0.2) is 60.0 Å². The number of anilines is 1. The molecule has 0 radical (unpaired) electrons. The first-order valence-corrected chi connectivity index (χ1v) is 12.1. The first-order chi connectivity index (χ1) is 15.7. The lowest BCUT2D eigenvalue weighted by atomic mass is 10.1. The van der Waals surface area contributed by atoms with Crippen LogP contribution >= 0.6 is 24.2 Å².